The smallest absolute Gasteiger partial charge is 0.258 e. The van der Waals surface area contributed by atoms with Gasteiger partial charge in [-0.05, 0) is 36.8 Å². The Morgan fingerprint density at radius 3 is 2.65 bits per heavy atom. The van der Waals surface area contributed by atoms with Gasteiger partial charge in [-0.2, -0.15) is 0 Å². The normalized spacial score (nSPS) is 11.7. The Morgan fingerprint density at radius 2 is 1.95 bits per heavy atom. The summed E-state index contributed by atoms with van der Waals surface area (Å²) in [5.41, 5.74) is 1.05. The topological polar surface area (TPSA) is 38.3 Å². The van der Waals surface area contributed by atoms with Crippen LogP contribution in [0, 0.1) is 0 Å². The van der Waals surface area contributed by atoms with Crippen molar-refractivity contribution in [3.05, 3.63) is 64.6 Å². The third-order valence-corrected chi connectivity index (χ3v) is 3.33. The van der Waals surface area contributed by atoms with Gasteiger partial charge in [-0.15, -0.1) is 0 Å². The molecule has 20 heavy (non-hydrogen) atoms. The Bertz CT molecular complexity index is 572. The minimum absolute atomic E-state index is 0.0162. The maximum absolute atomic E-state index is 11.8. The Balaban J connectivity index is 1.85. The summed E-state index contributed by atoms with van der Waals surface area (Å²) in [6.45, 7) is 1.96. The highest BCUT2D eigenvalue weighted by atomic mass is 79.9. The first kappa shape index (κ1) is 14.6. The van der Waals surface area contributed by atoms with Crippen molar-refractivity contribution < 1.29 is 9.53 Å². The second-order valence-corrected chi connectivity index (χ2v) is 5.36. The fourth-order valence-electron chi connectivity index (χ4n) is 1.81. The maximum Gasteiger partial charge on any atom is 0.258 e. The number of rotatable bonds is 5. The molecule has 0 bridgehead atoms. The summed E-state index contributed by atoms with van der Waals surface area (Å²) < 4.78 is 6.40. The molecule has 0 aromatic heterocycles. The van der Waals surface area contributed by atoms with Crippen LogP contribution < -0.4 is 10.1 Å². The molecule has 0 radical (unpaired) electrons. The molecule has 104 valence electrons. The summed E-state index contributed by atoms with van der Waals surface area (Å²) in [5.74, 6) is 0.555. The van der Waals surface area contributed by atoms with Gasteiger partial charge < -0.3 is 10.1 Å². The van der Waals surface area contributed by atoms with E-state index in [2.05, 4.69) is 21.2 Å². The predicted octanol–water partition coefficient (Wildman–Crippen LogP) is 3.71. The zero-order valence-corrected chi connectivity index (χ0v) is 12.8. The molecular formula is C16H16BrNO2. The monoisotopic (exact) mass is 333 g/mol. The van der Waals surface area contributed by atoms with E-state index in [4.69, 9.17) is 4.74 Å². The van der Waals surface area contributed by atoms with E-state index < -0.39 is 0 Å². The van der Waals surface area contributed by atoms with Crippen LogP contribution in [0.5, 0.6) is 5.75 Å². The lowest BCUT2D eigenvalue weighted by Gasteiger charge is -2.15. The van der Waals surface area contributed by atoms with E-state index in [0.29, 0.717) is 5.75 Å². The Morgan fingerprint density at radius 1 is 1.20 bits per heavy atom. The average molecular weight is 334 g/mol. The van der Waals surface area contributed by atoms with Gasteiger partial charge in [-0.3, -0.25) is 4.79 Å². The molecule has 0 spiro atoms. The van der Waals surface area contributed by atoms with Crippen LogP contribution in [0.1, 0.15) is 18.5 Å². The van der Waals surface area contributed by atoms with Gasteiger partial charge in [0, 0.05) is 4.47 Å². The number of para-hydroxylation sites is 1. The molecule has 1 N–H and O–H groups in total. The van der Waals surface area contributed by atoms with Crippen molar-refractivity contribution in [2.24, 2.45) is 0 Å². The third-order valence-electron chi connectivity index (χ3n) is 2.84. The minimum atomic E-state index is -0.138. The summed E-state index contributed by atoms with van der Waals surface area (Å²) in [4.78, 5) is 11.8. The Hall–Kier alpha value is -1.81. The number of carbonyl (C=O) groups is 1. The molecule has 2 aromatic carbocycles. The first-order valence-electron chi connectivity index (χ1n) is 6.38. The number of ether oxygens (including phenoxy) is 1. The molecule has 0 saturated carbocycles. The summed E-state index contributed by atoms with van der Waals surface area (Å²) >= 11 is 3.42. The van der Waals surface area contributed by atoms with Gasteiger partial charge in [0.05, 0.1) is 6.04 Å². The molecule has 1 amide bonds. The molecular weight excluding hydrogens is 318 g/mol. The van der Waals surface area contributed by atoms with Crippen LogP contribution in [0.2, 0.25) is 0 Å². The number of hydrogen-bond acceptors (Lipinski definition) is 2. The zero-order valence-electron chi connectivity index (χ0n) is 11.2. The van der Waals surface area contributed by atoms with Gasteiger partial charge in [-0.1, -0.05) is 46.3 Å². The highest BCUT2D eigenvalue weighted by Gasteiger charge is 2.10. The molecule has 0 aliphatic carbocycles. The number of carbonyl (C=O) groups excluding carboxylic acids is 1. The van der Waals surface area contributed by atoms with E-state index in [-0.39, 0.29) is 18.6 Å². The molecule has 0 saturated heterocycles. The van der Waals surface area contributed by atoms with Gasteiger partial charge in [0.2, 0.25) is 0 Å². The van der Waals surface area contributed by atoms with E-state index in [1.807, 2.05) is 61.5 Å². The van der Waals surface area contributed by atoms with E-state index in [9.17, 15) is 4.79 Å². The largest absolute Gasteiger partial charge is 0.484 e. The highest BCUT2D eigenvalue weighted by Crippen LogP contribution is 2.17. The lowest BCUT2D eigenvalue weighted by molar-refractivity contribution is -0.123. The van der Waals surface area contributed by atoms with Gasteiger partial charge in [0.15, 0.2) is 6.61 Å². The highest BCUT2D eigenvalue weighted by molar-refractivity contribution is 9.10. The van der Waals surface area contributed by atoms with E-state index >= 15 is 0 Å². The zero-order chi connectivity index (χ0) is 14.4. The molecule has 0 aliphatic rings. The lowest BCUT2D eigenvalue weighted by Crippen LogP contribution is -2.31. The molecule has 1 unspecified atom stereocenters. The number of benzene rings is 2. The first-order valence-corrected chi connectivity index (χ1v) is 7.17. The number of nitrogens with one attached hydrogen (secondary N) is 1. The lowest BCUT2D eigenvalue weighted by atomic mass is 10.1. The van der Waals surface area contributed by atoms with Crippen LogP contribution >= 0.6 is 15.9 Å². The van der Waals surface area contributed by atoms with Gasteiger partial charge in [0.25, 0.3) is 5.91 Å². The number of halogens is 1. The van der Waals surface area contributed by atoms with Crippen LogP contribution in [0.3, 0.4) is 0 Å². The Kier molecular flexibility index (Phi) is 5.18. The van der Waals surface area contributed by atoms with Gasteiger partial charge in [-0.25, -0.2) is 0 Å². The summed E-state index contributed by atoms with van der Waals surface area (Å²) in [5, 5.41) is 2.91. The van der Waals surface area contributed by atoms with Crippen molar-refractivity contribution in [3.63, 3.8) is 0 Å². The van der Waals surface area contributed by atoms with Crippen molar-refractivity contribution in [1.82, 2.24) is 5.32 Å². The van der Waals surface area contributed by atoms with Gasteiger partial charge >= 0.3 is 0 Å². The Labute approximate surface area is 127 Å². The molecule has 1 atom stereocenters. The number of hydrogen-bond donors (Lipinski definition) is 1. The SMILES string of the molecule is CC(NC(=O)COc1ccccc1)c1cccc(Br)c1. The molecule has 2 rings (SSSR count). The first-order chi connectivity index (χ1) is 9.65. The van der Waals surface area contributed by atoms with E-state index in [1.165, 1.54) is 0 Å². The quantitative estimate of drug-likeness (QED) is 0.905. The second kappa shape index (κ2) is 7.10. The van der Waals surface area contributed by atoms with Crippen LogP contribution in [0.25, 0.3) is 0 Å². The summed E-state index contributed by atoms with van der Waals surface area (Å²) in [6.07, 6.45) is 0. The minimum Gasteiger partial charge on any atom is -0.484 e. The van der Waals surface area contributed by atoms with E-state index in [0.717, 1.165) is 10.0 Å². The molecule has 0 aliphatic heterocycles. The summed E-state index contributed by atoms with van der Waals surface area (Å²) in [7, 11) is 0. The van der Waals surface area contributed by atoms with E-state index in [1.54, 1.807) is 0 Å². The summed E-state index contributed by atoms with van der Waals surface area (Å²) in [6, 6.07) is 17.1. The van der Waals surface area contributed by atoms with Crippen molar-refractivity contribution in [2.75, 3.05) is 6.61 Å². The second-order valence-electron chi connectivity index (χ2n) is 4.45. The fraction of sp³-hybridized carbons (Fsp3) is 0.188. The van der Waals surface area contributed by atoms with Crippen molar-refractivity contribution >= 4 is 21.8 Å². The molecule has 2 aromatic rings. The standard InChI is InChI=1S/C16H16BrNO2/c1-12(13-6-5-7-14(17)10-13)18-16(19)11-20-15-8-3-2-4-9-15/h2-10,12H,11H2,1H3,(H,18,19). The molecule has 0 fully saturated rings. The van der Waals surface area contributed by atoms with Crippen LogP contribution in [0.15, 0.2) is 59.1 Å². The predicted molar refractivity (Wildman–Crippen MR) is 82.6 cm³/mol. The molecule has 4 heteroatoms. The number of amides is 1. The van der Waals surface area contributed by atoms with Crippen molar-refractivity contribution in [2.45, 2.75) is 13.0 Å². The fourth-order valence-corrected chi connectivity index (χ4v) is 2.22. The van der Waals surface area contributed by atoms with Crippen LogP contribution in [-0.4, -0.2) is 12.5 Å². The van der Waals surface area contributed by atoms with Gasteiger partial charge in [0.1, 0.15) is 5.75 Å². The average Bonchev–Trinajstić information content (AvgIpc) is 2.46. The third kappa shape index (κ3) is 4.38. The van der Waals surface area contributed by atoms with Crippen molar-refractivity contribution in [1.29, 1.82) is 0 Å². The molecule has 0 heterocycles. The van der Waals surface area contributed by atoms with Crippen molar-refractivity contribution in [3.8, 4) is 5.75 Å². The van der Waals surface area contributed by atoms with Crippen LogP contribution in [-0.2, 0) is 4.79 Å². The van der Waals surface area contributed by atoms with Crippen LogP contribution in [0.4, 0.5) is 0 Å². The maximum atomic E-state index is 11.8. The molecule has 3 nitrogen and oxygen atoms in total.